The Morgan fingerprint density at radius 3 is 2.67 bits per heavy atom. The zero-order chi connectivity index (χ0) is 16.7. The third-order valence-corrected chi connectivity index (χ3v) is 5.96. The molecule has 0 aromatic carbocycles. The van der Waals surface area contributed by atoms with Gasteiger partial charge in [-0.25, -0.2) is 0 Å². The van der Waals surface area contributed by atoms with Crippen LogP contribution in [0.4, 0.5) is 0 Å². The number of piperidine rings is 1. The highest BCUT2D eigenvalue weighted by Crippen LogP contribution is 2.39. The highest BCUT2D eigenvalue weighted by molar-refractivity contribution is 5.94. The van der Waals surface area contributed by atoms with E-state index in [0.29, 0.717) is 11.5 Å². The van der Waals surface area contributed by atoms with Crippen LogP contribution in [0.15, 0.2) is 12.4 Å². The Kier molecular flexibility index (Phi) is 4.12. The summed E-state index contributed by atoms with van der Waals surface area (Å²) in [5, 5.41) is 4.10. The van der Waals surface area contributed by atoms with Crippen LogP contribution in [0, 0.1) is 11.8 Å². The third-order valence-electron chi connectivity index (χ3n) is 5.96. The fourth-order valence-corrected chi connectivity index (χ4v) is 4.13. The van der Waals surface area contributed by atoms with Crippen molar-refractivity contribution < 1.29 is 9.53 Å². The molecule has 1 saturated carbocycles. The highest BCUT2D eigenvalue weighted by Gasteiger charge is 2.51. The van der Waals surface area contributed by atoms with Crippen LogP contribution in [0.2, 0.25) is 0 Å². The summed E-state index contributed by atoms with van der Waals surface area (Å²) in [5.74, 6) is 1.58. The summed E-state index contributed by atoms with van der Waals surface area (Å²) in [5.41, 5.74) is 0.846. The van der Waals surface area contributed by atoms with E-state index >= 15 is 0 Å². The average Bonchev–Trinajstić information content (AvgIpc) is 3.25. The van der Waals surface area contributed by atoms with Gasteiger partial charge in [0.2, 0.25) is 0 Å². The number of nitrogens with zero attached hydrogens (tertiary/aromatic N) is 4. The molecule has 24 heavy (non-hydrogen) atoms. The molecule has 1 aromatic rings. The molecule has 1 aliphatic carbocycles. The second-order valence-corrected chi connectivity index (χ2v) is 8.05. The average molecular weight is 332 g/mol. The molecule has 1 unspecified atom stereocenters. The largest absolute Gasteiger partial charge is 0.381 e. The maximum Gasteiger partial charge on any atom is 0.257 e. The van der Waals surface area contributed by atoms with Crippen molar-refractivity contribution in [1.29, 1.82) is 0 Å². The number of aryl methyl sites for hydroxylation is 1. The molecule has 3 fully saturated rings. The Balaban J connectivity index is 1.31. The maximum atomic E-state index is 12.5. The predicted molar refractivity (Wildman–Crippen MR) is 90.7 cm³/mol. The second-order valence-electron chi connectivity index (χ2n) is 8.05. The molecule has 1 aromatic heterocycles. The number of aromatic nitrogens is 2. The first kappa shape index (κ1) is 16.1. The van der Waals surface area contributed by atoms with Gasteiger partial charge in [-0.15, -0.1) is 0 Å². The van der Waals surface area contributed by atoms with Crippen molar-refractivity contribution in [3.8, 4) is 0 Å². The van der Waals surface area contributed by atoms with E-state index in [4.69, 9.17) is 4.74 Å². The zero-order valence-electron chi connectivity index (χ0n) is 14.8. The molecule has 3 heterocycles. The first-order chi connectivity index (χ1) is 11.6. The van der Waals surface area contributed by atoms with E-state index in [9.17, 15) is 4.79 Å². The van der Waals surface area contributed by atoms with Crippen molar-refractivity contribution in [2.75, 3.05) is 39.9 Å². The van der Waals surface area contributed by atoms with E-state index in [1.54, 1.807) is 17.1 Å². The summed E-state index contributed by atoms with van der Waals surface area (Å²) in [6.45, 7) is 4.60. The van der Waals surface area contributed by atoms with Crippen LogP contribution in [0.3, 0.4) is 0 Å². The van der Waals surface area contributed by atoms with Crippen molar-refractivity contribution in [3.63, 3.8) is 0 Å². The SMILES string of the molecule is CN1CCC(COCC2CC2)CC12CN(C(=O)c1cnn(C)c1)C2. The van der Waals surface area contributed by atoms with Gasteiger partial charge in [0.1, 0.15) is 0 Å². The van der Waals surface area contributed by atoms with Gasteiger partial charge in [0, 0.05) is 39.5 Å². The smallest absolute Gasteiger partial charge is 0.257 e. The topological polar surface area (TPSA) is 50.6 Å². The van der Waals surface area contributed by atoms with Crippen LogP contribution in [0.25, 0.3) is 0 Å². The molecule has 1 atom stereocenters. The number of likely N-dealkylation sites (tertiary alicyclic amines) is 2. The minimum Gasteiger partial charge on any atom is -0.381 e. The van der Waals surface area contributed by atoms with Gasteiger partial charge >= 0.3 is 0 Å². The number of carbonyl (C=O) groups is 1. The number of hydrogen-bond donors (Lipinski definition) is 0. The number of amides is 1. The standard InChI is InChI=1S/C18H28N4O2/c1-20-6-5-15(11-24-10-14-3-4-14)7-18(20)12-22(13-18)17(23)16-8-19-21(2)9-16/h8-9,14-15H,3-7,10-13H2,1-2H3. The van der Waals surface area contributed by atoms with Gasteiger partial charge in [-0.2, -0.15) is 5.10 Å². The molecule has 132 valence electrons. The molecule has 4 rings (SSSR count). The minimum atomic E-state index is 0.106. The fourth-order valence-electron chi connectivity index (χ4n) is 4.13. The Labute approximate surface area is 143 Å². The normalized spacial score (nSPS) is 26.6. The lowest BCUT2D eigenvalue weighted by Gasteiger charge is -2.58. The Morgan fingerprint density at radius 2 is 2.00 bits per heavy atom. The second kappa shape index (κ2) is 6.15. The van der Waals surface area contributed by atoms with Crippen molar-refractivity contribution >= 4 is 5.91 Å². The molecule has 2 saturated heterocycles. The molecule has 2 aliphatic heterocycles. The van der Waals surface area contributed by atoms with Gasteiger partial charge in [0.15, 0.2) is 0 Å². The molecule has 3 aliphatic rings. The van der Waals surface area contributed by atoms with Crippen LogP contribution in [-0.4, -0.2) is 70.9 Å². The zero-order valence-corrected chi connectivity index (χ0v) is 14.8. The van der Waals surface area contributed by atoms with E-state index < -0.39 is 0 Å². The molecule has 1 spiro atoms. The third kappa shape index (κ3) is 3.09. The summed E-state index contributed by atoms with van der Waals surface area (Å²) >= 11 is 0. The maximum absolute atomic E-state index is 12.5. The number of ether oxygens (including phenoxy) is 1. The summed E-state index contributed by atoms with van der Waals surface area (Å²) in [6, 6.07) is 0. The molecule has 6 heteroatoms. The quantitative estimate of drug-likeness (QED) is 0.817. The minimum absolute atomic E-state index is 0.106. The van der Waals surface area contributed by atoms with Crippen LogP contribution in [-0.2, 0) is 11.8 Å². The molecular formula is C18H28N4O2. The van der Waals surface area contributed by atoms with Crippen molar-refractivity contribution in [2.45, 2.75) is 31.2 Å². The fraction of sp³-hybridized carbons (Fsp3) is 0.778. The summed E-state index contributed by atoms with van der Waals surface area (Å²) < 4.78 is 7.61. The number of hydrogen-bond acceptors (Lipinski definition) is 4. The van der Waals surface area contributed by atoms with Crippen molar-refractivity contribution in [2.24, 2.45) is 18.9 Å². The molecule has 0 radical (unpaired) electrons. The van der Waals surface area contributed by atoms with E-state index in [1.807, 2.05) is 11.9 Å². The lowest BCUT2D eigenvalue weighted by molar-refractivity contribution is -0.0761. The monoisotopic (exact) mass is 332 g/mol. The Morgan fingerprint density at radius 1 is 1.25 bits per heavy atom. The number of rotatable bonds is 5. The van der Waals surface area contributed by atoms with Crippen LogP contribution >= 0.6 is 0 Å². The molecular weight excluding hydrogens is 304 g/mol. The Bertz CT molecular complexity index is 604. The highest BCUT2D eigenvalue weighted by atomic mass is 16.5. The lowest BCUT2D eigenvalue weighted by atomic mass is 9.75. The Hall–Kier alpha value is -1.40. The summed E-state index contributed by atoms with van der Waals surface area (Å²) in [4.78, 5) is 17.0. The first-order valence-corrected chi connectivity index (χ1v) is 9.13. The van der Waals surface area contributed by atoms with Gasteiger partial charge < -0.3 is 9.64 Å². The van der Waals surface area contributed by atoms with Gasteiger partial charge in [-0.3, -0.25) is 14.4 Å². The van der Waals surface area contributed by atoms with Crippen molar-refractivity contribution in [1.82, 2.24) is 19.6 Å². The van der Waals surface area contributed by atoms with Crippen LogP contribution < -0.4 is 0 Å². The molecule has 6 nitrogen and oxygen atoms in total. The molecule has 0 N–H and O–H groups in total. The molecule has 0 bridgehead atoms. The summed E-state index contributed by atoms with van der Waals surface area (Å²) in [7, 11) is 4.04. The van der Waals surface area contributed by atoms with Gasteiger partial charge in [-0.05, 0) is 51.1 Å². The number of carbonyl (C=O) groups excluding carboxylic acids is 1. The van der Waals surface area contributed by atoms with Gasteiger partial charge in [-0.1, -0.05) is 0 Å². The van der Waals surface area contributed by atoms with Crippen molar-refractivity contribution in [3.05, 3.63) is 18.0 Å². The van der Waals surface area contributed by atoms with E-state index in [2.05, 4.69) is 17.0 Å². The summed E-state index contributed by atoms with van der Waals surface area (Å²) in [6.07, 6.45) is 8.51. The molecule has 1 amide bonds. The lowest BCUT2D eigenvalue weighted by Crippen LogP contribution is -2.72. The van der Waals surface area contributed by atoms with Gasteiger partial charge in [0.05, 0.1) is 17.3 Å². The first-order valence-electron chi connectivity index (χ1n) is 9.13. The van der Waals surface area contributed by atoms with Crippen LogP contribution in [0.5, 0.6) is 0 Å². The predicted octanol–water partition coefficient (Wildman–Crippen LogP) is 1.38. The van der Waals surface area contributed by atoms with E-state index in [-0.39, 0.29) is 11.4 Å². The van der Waals surface area contributed by atoms with Crippen LogP contribution in [0.1, 0.15) is 36.0 Å². The van der Waals surface area contributed by atoms with E-state index in [1.165, 1.54) is 19.3 Å². The van der Waals surface area contributed by atoms with Gasteiger partial charge in [0.25, 0.3) is 5.91 Å². The van der Waals surface area contributed by atoms with E-state index in [0.717, 1.165) is 45.2 Å². The number of likely N-dealkylation sites (N-methyl/N-ethyl adjacent to an activating group) is 1.